The Hall–Kier alpha value is -0.890. The van der Waals surface area contributed by atoms with Gasteiger partial charge in [-0.1, -0.05) is 24.3 Å². The molecule has 76 valence electrons. The van der Waals surface area contributed by atoms with Crippen molar-refractivity contribution in [1.29, 1.82) is 0 Å². The highest BCUT2D eigenvalue weighted by atomic mass is 19.1. The average molecular weight is 193 g/mol. The lowest BCUT2D eigenvalue weighted by Gasteiger charge is -2.13. The highest BCUT2D eigenvalue weighted by Gasteiger charge is 2.27. The molecule has 0 bridgehead atoms. The molecule has 1 aromatic carbocycles. The van der Waals surface area contributed by atoms with Crippen molar-refractivity contribution in [3.8, 4) is 0 Å². The molecular weight excluding hydrogens is 177 g/mol. The molecule has 0 radical (unpaired) electrons. The first kappa shape index (κ1) is 9.66. The van der Waals surface area contributed by atoms with Gasteiger partial charge in [-0.25, -0.2) is 4.39 Å². The van der Waals surface area contributed by atoms with E-state index in [4.69, 9.17) is 5.73 Å². The zero-order chi connectivity index (χ0) is 9.97. The van der Waals surface area contributed by atoms with Crippen LogP contribution in [-0.2, 0) is 6.54 Å². The van der Waals surface area contributed by atoms with E-state index in [0.29, 0.717) is 6.54 Å². The highest BCUT2D eigenvalue weighted by Crippen LogP contribution is 2.36. The molecule has 1 aromatic rings. The van der Waals surface area contributed by atoms with Gasteiger partial charge in [0.1, 0.15) is 6.17 Å². The van der Waals surface area contributed by atoms with Crippen LogP contribution in [0.25, 0.3) is 0 Å². The van der Waals surface area contributed by atoms with E-state index in [1.807, 2.05) is 24.3 Å². The quantitative estimate of drug-likeness (QED) is 0.768. The molecule has 0 heterocycles. The van der Waals surface area contributed by atoms with Crippen molar-refractivity contribution in [3.05, 3.63) is 35.4 Å². The van der Waals surface area contributed by atoms with E-state index in [9.17, 15) is 4.39 Å². The topological polar surface area (TPSA) is 26.0 Å². The standard InChI is InChI=1S/C12H16FN/c13-12-3-1-2-11(12)10-6-4-9(8-14)5-7-10/h4-7,11-12H,1-3,8,14H2. The SMILES string of the molecule is NCc1ccc(C2CCCC2F)cc1. The van der Waals surface area contributed by atoms with Crippen molar-refractivity contribution >= 4 is 0 Å². The zero-order valence-electron chi connectivity index (χ0n) is 8.25. The Kier molecular flexibility index (Phi) is 2.82. The highest BCUT2D eigenvalue weighted by molar-refractivity contribution is 5.26. The van der Waals surface area contributed by atoms with E-state index in [-0.39, 0.29) is 5.92 Å². The van der Waals surface area contributed by atoms with E-state index < -0.39 is 6.17 Å². The van der Waals surface area contributed by atoms with Gasteiger partial charge in [0.05, 0.1) is 0 Å². The predicted octanol–water partition coefficient (Wildman–Crippen LogP) is 2.75. The Labute approximate surface area is 84.1 Å². The molecule has 0 aromatic heterocycles. The summed E-state index contributed by atoms with van der Waals surface area (Å²) in [5.41, 5.74) is 7.75. The van der Waals surface area contributed by atoms with Crippen molar-refractivity contribution in [2.45, 2.75) is 37.9 Å². The van der Waals surface area contributed by atoms with Gasteiger partial charge in [0.25, 0.3) is 0 Å². The molecule has 0 amide bonds. The van der Waals surface area contributed by atoms with Crippen LogP contribution in [0.5, 0.6) is 0 Å². The van der Waals surface area contributed by atoms with E-state index in [0.717, 1.165) is 30.4 Å². The molecule has 14 heavy (non-hydrogen) atoms. The monoisotopic (exact) mass is 193 g/mol. The van der Waals surface area contributed by atoms with Crippen molar-refractivity contribution in [1.82, 2.24) is 0 Å². The lowest BCUT2D eigenvalue weighted by molar-refractivity contribution is 0.312. The van der Waals surface area contributed by atoms with Crippen LogP contribution in [-0.4, -0.2) is 6.17 Å². The summed E-state index contributed by atoms with van der Waals surface area (Å²) in [5, 5.41) is 0. The van der Waals surface area contributed by atoms with Crippen LogP contribution >= 0.6 is 0 Å². The molecule has 0 saturated heterocycles. The number of hydrogen-bond acceptors (Lipinski definition) is 1. The average Bonchev–Trinajstić information content (AvgIpc) is 2.65. The van der Waals surface area contributed by atoms with Gasteiger partial charge in [-0.3, -0.25) is 0 Å². The second-order valence-electron chi connectivity index (χ2n) is 4.00. The molecule has 2 N–H and O–H groups in total. The summed E-state index contributed by atoms with van der Waals surface area (Å²) in [6.07, 6.45) is 2.09. The Morgan fingerprint density at radius 2 is 1.93 bits per heavy atom. The van der Waals surface area contributed by atoms with Crippen LogP contribution in [0.2, 0.25) is 0 Å². The van der Waals surface area contributed by atoms with E-state index in [2.05, 4.69) is 0 Å². The lowest BCUT2D eigenvalue weighted by atomic mass is 9.95. The minimum atomic E-state index is -0.640. The van der Waals surface area contributed by atoms with Gasteiger partial charge >= 0.3 is 0 Å². The molecular formula is C12H16FN. The van der Waals surface area contributed by atoms with Crippen molar-refractivity contribution in [2.24, 2.45) is 5.73 Å². The van der Waals surface area contributed by atoms with E-state index in [1.54, 1.807) is 0 Å². The molecule has 0 aliphatic heterocycles. The molecule has 2 unspecified atom stereocenters. The third kappa shape index (κ3) is 1.80. The van der Waals surface area contributed by atoms with Gasteiger partial charge in [-0.2, -0.15) is 0 Å². The summed E-state index contributed by atoms with van der Waals surface area (Å²) in [6.45, 7) is 0.560. The zero-order valence-corrected chi connectivity index (χ0v) is 8.25. The summed E-state index contributed by atoms with van der Waals surface area (Å²) < 4.78 is 13.4. The molecule has 1 aliphatic rings. The van der Waals surface area contributed by atoms with Crippen LogP contribution in [0.3, 0.4) is 0 Å². The molecule has 2 rings (SSSR count). The fourth-order valence-corrected chi connectivity index (χ4v) is 2.19. The Morgan fingerprint density at radius 1 is 1.21 bits per heavy atom. The minimum absolute atomic E-state index is 0.127. The fraction of sp³-hybridized carbons (Fsp3) is 0.500. The van der Waals surface area contributed by atoms with Crippen molar-refractivity contribution in [2.75, 3.05) is 0 Å². The first-order valence-corrected chi connectivity index (χ1v) is 5.24. The number of hydrogen-bond donors (Lipinski definition) is 1. The maximum absolute atomic E-state index is 13.4. The van der Waals surface area contributed by atoms with Gasteiger partial charge in [0, 0.05) is 12.5 Å². The van der Waals surface area contributed by atoms with Gasteiger partial charge in [-0.15, -0.1) is 0 Å². The minimum Gasteiger partial charge on any atom is -0.326 e. The third-order valence-corrected chi connectivity index (χ3v) is 3.08. The number of alkyl halides is 1. The first-order valence-electron chi connectivity index (χ1n) is 5.24. The summed E-state index contributed by atoms with van der Waals surface area (Å²) in [5.74, 6) is 0.127. The van der Waals surface area contributed by atoms with Crippen molar-refractivity contribution in [3.63, 3.8) is 0 Å². The number of nitrogens with two attached hydrogens (primary N) is 1. The number of halogens is 1. The second kappa shape index (κ2) is 4.09. The van der Waals surface area contributed by atoms with Gasteiger partial charge in [0.15, 0.2) is 0 Å². The van der Waals surface area contributed by atoms with Crippen molar-refractivity contribution < 1.29 is 4.39 Å². The molecule has 1 nitrogen and oxygen atoms in total. The molecule has 2 heteroatoms. The predicted molar refractivity (Wildman–Crippen MR) is 55.8 cm³/mol. The lowest BCUT2D eigenvalue weighted by Crippen LogP contribution is -2.06. The van der Waals surface area contributed by atoms with Crippen LogP contribution in [0.4, 0.5) is 4.39 Å². The summed E-state index contributed by atoms with van der Waals surface area (Å²) in [4.78, 5) is 0. The molecule has 1 saturated carbocycles. The maximum atomic E-state index is 13.4. The Bertz CT molecular complexity index is 294. The second-order valence-corrected chi connectivity index (χ2v) is 4.00. The number of rotatable bonds is 2. The maximum Gasteiger partial charge on any atom is 0.107 e. The van der Waals surface area contributed by atoms with Crippen LogP contribution < -0.4 is 5.73 Å². The van der Waals surface area contributed by atoms with Gasteiger partial charge in [0.2, 0.25) is 0 Å². The molecule has 1 fully saturated rings. The Morgan fingerprint density at radius 3 is 2.43 bits per heavy atom. The van der Waals surface area contributed by atoms with Crippen LogP contribution in [0.15, 0.2) is 24.3 Å². The van der Waals surface area contributed by atoms with Crippen LogP contribution in [0.1, 0.15) is 36.3 Å². The molecule has 1 aliphatic carbocycles. The largest absolute Gasteiger partial charge is 0.326 e. The van der Waals surface area contributed by atoms with E-state index >= 15 is 0 Å². The molecule has 0 spiro atoms. The summed E-state index contributed by atoms with van der Waals surface area (Å²) >= 11 is 0. The summed E-state index contributed by atoms with van der Waals surface area (Å²) in [6, 6.07) is 8.04. The normalized spacial score (nSPS) is 26.7. The molecule has 2 atom stereocenters. The third-order valence-electron chi connectivity index (χ3n) is 3.08. The van der Waals surface area contributed by atoms with Gasteiger partial charge in [-0.05, 0) is 30.4 Å². The Balaban J connectivity index is 2.16. The van der Waals surface area contributed by atoms with Crippen LogP contribution in [0, 0.1) is 0 Å². The first-order chi connectivity index (χ1) is 6.81. The van der Waals surface area contributed by atoms with E-state index in [1.165, 1.54) is 0 Å². The fourth-order valence-electron chi connectivity index (χ4n) is 2.19. The smallest absolute Gasteiger partial charge is 0.107 e. The summed E-state index contributed by atoms with van der Waals surface area (Å²) in [7, 11) is 0. The number of benzene rings is 1. The van der Waals surface area contributed by atoms with Gasteiger partial charge < -0.3 is 5.73 Å².